The minimum atomic E-state index is -0.395. The van der Waals surface area contributed by atoms with E-state index >= 15 is 0 Å². The third-order valence-corrected chi connectivity index (χ3v) is 7.55. The van der Waals surface area contributed by atoms with Crippen molar-refractivity contribution in [2.75, 3.05) is 26.2 Å². The summed E-state index contributed by atoms with van der Waals surface area (Å²) in [5.41, 5.74) is 5.57. The summed E-state index contributed by atoms with van der Waals surface area (Å²) in [5, 5.41) is 4.84. The predicted molar refractivity (Wildman–Crippen MR) is 116 cm³/mol. The Kier molecular flexibility index (Phi) is 6.88. The maximum atomic E-state index is 13.2. The average molecular weight is 419 g/mol. The van der Waals surface area contributed by atoms with Gasteiger partial charge in [0.1, 0.15) is 6.04 Å². The van der Waals surface area contributed by atoms with Gasteiger partial charge in [-0.15, -0.1) is 11.3 Å². The smallest absolute Gasteiger partial charge is 0.264 e. The standard InChI is InChI=1S/C22H34N4O2S/c23-10-11-24-21(27)19-13-18(15-26(19)22(28)20-7-4-12-29-20)25(17-8-9-17)14-16-5-2-1-3-6-16/h4,7,12,16-19H,1-3,5-6,8-11,13-15,23H2,(H,24,27). The maximum Gasteiger partial charge on any atom is 0.264 e. The second kappa shape index (κ2) is 9.58. The molecule has 3 fully saturated rings. The van der Waals surface area contributed by atoms with Crippen molar-refractivity contribution in [2.24, 2.45) is 11.7 Å². The zero-order valence-corrected chi connectivity index (χ0v) is 18.0. The van der Waals surface area contributed by atoms with Gasteiger partial charge in [-0.2, -0.15) is 0 Å². The molecule has 29 heavy (non-hydrogen) atoms. The molecule has 1 saturated heterocycles. The van der Waals surface area contributed by atoms with E-state index in [2.05, 4.69) is 10.2 Å². The Balaban J connectivity index is 1.49. The van der Waals surface area contributed by atoms with Gasteiger partial charge in [0.15, 0.2) is 0 Å². The molecule has 160 valence electrons. The summed E-state index contributed by atoms with van der Waals surface area (Å²) in [6.45, 7) is 2.65. The normalized spacial score (nSPS) is 25.5. The number of nitrogens with two attached hydrogens (primary N) is 1. The van der Waals surface area contributed by atoms with Gasteiger partial charge in [-0.25, -0.2) is 0 Å². The molecule has 4 rings (SSSR count). The molecule has 3 aliphatic rings. The highest BCUT2D eigenvalue weighted by atomic mass is 32.1. The summed E-state index contributed by atoms with van der Waals surface area (Å²) in [5.74, 6) is 0.705. The maximum absolute atomic E-state index is 13.2. The Morgan fingerprint density at radius 3 is 2.62 bits per heavy atom. The molecule has 1 aliphatic heterocycles. The van der Waals surface area contributed by atoms with Gasteiger partial charge in [-0.3, -0.25) is 14.5 Å². The third kappa shape index (κ3) is 5.01. The highest BCUT2D eigenvalue weighted by molar-refractivity contribution is 7.12. The number of thiophene rings is 1. The fraction of sp³-hybridized carbons (Fsp3) is 0.727. The van der Waals surface area contributed by atoms with E-state index in [9.17, 15) is 9.59 Å². The second-order valence-electron chi connectivity index (χ2n) is 8.85. The Morgan fingerprint density at radius 2 is 1.97 bits per heavy atom. The van der Waals surface area contributed by atoms with Crippen molar-refractivity contribution < 1.29 is 9.59 Å². The fourth-order valence-corrected chi connectivity index (χ4v) is 5.73. The molecule has 6 nitrogen and oxygen atoms in total. The van der Waals surface area contributed by atoms with Crippen molar-refractivity contribution in [2.45, 2.75) is 69.5 Å². The summed E-state index contributed by atoms with van der Waals surface area (Å²) in [6, 6.07) is 4.28. The van der Waals surface area contributed by atoms with Crippen LogP contribution in [0.3, 0.4) is 0 Å². The van der Waals surface area contributed by atoms with Crippen molar-refractivity contribution in [3.05, 3.63) is 22.4 Å². The number of hydrogen-bond acceptors (Lipinski definition) is 5. The molecule has 7 heteroatoms. The first-order chi connectivity index (χ1) is 14.2. The van der Waals surface area contributed by atoms with Gasteiger partial charge in [-0.05, 0) is 49.5 Å². The van der Waals surface area contributed by atoms with Crippen LogP contribution in [0.15, 0.2) is 17.5 Å². The molecule has 1 aromatic heterocycles. The van der Waals surface area contributed by atoms with Gasteiger partial charge in [0.25, 0.3) is 5.91 Å². The molecular weight excluding hydrogens is 384 g/mol. The SMILES string of the molecule is NCCNC(=O)C1CC(N(CC2CCCCC2)C2CC2)CN1C(=O)c1cccs1. The third-order valence-electron chi connectivity index (χ3n) is 6.70. The Hall–Kier alpha value is -1.44. The topological polar surface area (TPSA) is 78.7 Å². The van der Waals surface area contributed by atoms with Crippen LogP contribution in [0.5, 0.6) is 0 Å². The molecule has 0 aromatic carbocycles. The van der Waals surface area contributed by atoms with Gasteiger partial charge in [0.2, 0.25) is 5.91 Å². The number of hydrogen-bond donors (Lipinski definition) is 2. The lowest BCUT2D eigenvalue weighted by Crippen LogP contribution is -2.46. The highest BCUT2D eigenvalue weighted by Gasteiger charge is 2.45. The van der Waals surface area contributed by atoms with Crippen LogP contribution in [-0.4, -0.2) is 65.9 Å². The number of nitrogens with zero attached hydrogens (tertiary/aromatic N) is 2. The van der Waals surface area contributed by atoms with E-state index in [1.807, 2.05) is 22.4 Å². The molecule has 3 N–H and O–H groups in total. The van der Waals surface area contributed by atoms with Crippen LogP contribution >= 0.6 is 11.3 Å². The number of carbonyl (C=O) groups is 2. The highest BCUT2D eigenvalue weighted by Crippen LogP contribution is 2.36. The Bertz CT molecular complexity index is 685. The quantitative estimate of drug-likeness (QED) is 0.680. The van der Waals surface area contributed by atoms with E-state index < -0.39 is 6.04 Å². The molecule has 0 bridgehead atoms. The zero-order chi connectivity index (χ0) is 20.2. The number of likely N-dealkylation sites (tertiary alicyclic amines) is 1. The molecular formula is C22H34N4O2S. The van der Waals surface area contributed by atoms with Gasteiger partial charge in [0.05, 0.1) is 4.88 Å². The number of rotatable bonds is 8. The zero-order valence-electron chi connectivity index (χ0n) is 17.2. The van der Waals surface area contributed by atoms with Crippen molar-refractivity contribution in [3.8, 4) is 0 Å². The lowest BCUT2D eigenvalue weighted by atomic mass is 9.88. The number of amides is 2. The van der Waals surface area contributed by atoms with E-state index in [4.69, 9.17) is 5.73 Å². The van der Waals surface area contributed by atoms with Crippen LogP contribution in [0.25, 0.3) is 0 Å². The van der Waals surface area contributed by atoms with Crippen LogP contribution in [-0.2, 0) is 4.79 Å². The second-order valence-corrected chi connectivity index (χ2v) is 9.80. The van der Waals surface area contributed by atoms with Crippen LogP contribution in [0.1, 0.15) is 61.0 Å². The molecule has 2 amide bonds. The molecule has 2 atom stereocenters. The molecule has 2 saturated carbocycles. The van der Waals surface area contributed by atoms with Crippen molar-refractivity contribution >= 4 is 23.2 Å². The summed E-state index contributed by atoms with van der Waals surface area (Å²) < 4.78 is 0. The van der Waals surface area contributed by atoms with E-state index in [1.54, 1.807) is 0 Å². The first-order valence-corrected chi connectivity index (χ1v) is 12.1. The summed E-state index contributed by atoms with van der Waals surface area (Å²) >= 11 is 1.45. The van der Waals surface area contributed by atoms with Gasteiger partial charge in [-0.1, -0.05) is 25.3 Å². The van der Waals surface area contributed by atoms with Gasteiger partial charge < -0.3 is 16.0 Å². The number of nitrogens with one attached hydrogen (secondary N) is 1. The molecule has 2 heterocycles. The number of carbonyl (C=O) groups excluding carboxylic acids is 2. The van der Waals surface area contributed by atoms with Gasteiger partial charge >= 0.3 is 0 Å². The summed E-state index contributed by atoms with van der Waals surface area (Å²) in [6.07, 6.45) is 9.97. The lowest BCUT2D eigenvalue weighted by Gasteiger charge is -2.34. The minimum Gasteiger partial charge on any atom is -0.353 e. The predicted octanol–water partition coefficient (Wildman–Crippen LogP) is 2.45. The van der Waals surface area contributed by atoms with Crippen LogP contribution in [0, 0.1) is 5.92 Å². The van der Waals surface area contributed by atoms with Crippen LogP contribution in [0.2, 0.25) is 0 Å². The first kappa shape index (κ1) is 20.8. The minimum absolute atomic E-state index is 0.0104. The molecule has 1 aromatic rings. The monoisotopic (exact) mass is 418 g/mol. The van der Waals surface area contributed by atoms with E-state index in [0.29, 0.717) is 30.6 Å². The lowest BCUT2D eigenvalue weighted by molar-refractivity contribution is -0.124. The first-order valence-electron chi connectivity index (χ1n) is 11.3. The van der Waals surface area contributed by atoms with Gasteiger partial charge in [0, 0.05) is 38.3 Å². The van der Waals surface area contributed by atoms with Crippen molar-refractivity contribution in [1.82, 2.24) is 15.1 Å². The van der Waals surface area contributed by atoms with Crippen LogP contribution in [0.4, 0.5) is 0 Å². The largest absolute Gasteiger partial charge is 0.353 e. The molecule has 2 unspecified atom stereocenters. The Morgan fingerprint density at radius 1 is 1.17 bits per heavy atom. The molecule has 2 aliphatic carbocycles. The van der Waals surface area contributed by atoms with Crippen LogP contribution < -0.4 is 11.1 Å². The van der Waals surface area contributed by atoms with E-state index in [0.717, 1.165) is 18.9 Å². The summed E-state index contributed by atoms with van der Waals surface area (Å²) in [7, 11) is 0. The molecule has 0 spiro atoms. The van der Waals surface area contributed by atoms with E-state index in [1.165, 1.54) is 56.3 Å². The Labute approximate surface area is 177 Å². The fourth-order valence-electron chi connectivity index (χ4n) is 5.05. The van der Waals surface area contributed by atoms with Crippen molar-refractivity contribution in [3.63, 3.8) is 0 Å². The molecule has 0 radical (unpaired) electrons. The van der Waals surface area contributed by atoms with E-state index in [-0.39, 0.29) is 17.9 Å². The van der Waals surface area contributed by atoms with Crippen molar-refractivity contribution in [1.29, 1.82) is 0 Å². The average Bonchev–Trinajstić information content (AvgIpc) is 3.26. The summed E-state index contributed by atoms with van der Waals surface area (Å²) in [4.78, 5) is 31.2.